The van der Waals surface area contributed by atoms with E-state index in [1.807, 2.05) is 25.1 Å². The summed E-state index contributed by atoms with van der Waals surface area (Å²) in [5.41, 5.74) is 3.01. The van der Waals surface area contributed by atoms with E-state index in [1.165, 1.54) is 0 Å². The molecule has 0 aliphatic carbocycles. The summed E-state index contributed by atoms with van der Waals surface area (Å²) in [5.74, 6) is 0.618. The van der Waals surface area contributed by atoms with Crippen molar-refractivity contribution in [3.8, 4) is 5.69 Å². The first-order valence-electron chi connectivity index (χ1n) is 6.44. The van der Waals surface area contributed by atoms with Crippen LogP contribution >= 0.6 is 11.6 Å². The van der Waals surface area contributed by atoms with Gasteiger partial charge in [0.15, 0.2) is 0 Å². The normalized spacial score (nSPS) is 11.2. The van der Waals surface area contributed by atoms with Crippen LogP contribution in [0.5, 0.6) is 0 Å². The summed E-state index contributed by atoms with van der Waals surface area (Å²) in [5, 5.41) is 12.2. The number of hydrogen-bond acceptors (Lipinski definition) is 3. The Bertz CT molecular complexity index is 548. The molecule has 0 amide bonds. The molecular weight excluding hydrogens is 260 g/mol. The number of halogens is 1. The first kappa shape index (κ1) is 14.0. The summed E-state index contributed by atoms with van der Waals surface area (Å²) in [6.07, 6.45) is 1.77. The summed E-state index contributed by atoms with van der Waals surface area (Å²) in [6.45, 7) is 8.07. The summed E-state index contributed by atoms with van der Waals surface area (Å²) in [4.78, 5) is 0. The lowest BCUT2D eigenvalue weighted by atomic mass is 10.2. The van der Waals surface area contributed by atoms with E-state index in [9.17, 15) is 0 Å². The van der Waals surface area contributed by atoms with Crippen LogP contribution in [0, 0.1) is 12.8 Å². The smallest absolute Gasteiger partial charge is 0.0853 e. The monoisotopic (exact) mass is 278 g/mol. The van der Waals surface area contributed by atoms with Gasteiger partial charge >= 0.3 is 0 Å². The molecule has 0 bridgehead atoms. The zero-order chi connectivity index (χ0) is 13.8. The molecule has 1 heterocycles. The van der Waals surface area contributed by atoms with E-state index in [4.69, 9.17) is 11.6 Å². The van der Waals surface area contributed by atoms with Gasteiger partial charge in [0.05, 0.1) is 22.6 Å². The molecule has 5 heteroatoms. The average molecular weight is 279 g/mol. The molecule has 19 heavy (non-hydrogen) atoms. The van der Waals surface area contributed by atoms with Crippen LogP contribution in [-0.2, 0) is 6.54 Å². The third kappa shape index (κ3) is 3.55. The van der Waals surface area contributed by atoms with Gasteiger partial charge in [-0.3, -0.25) is 0 Å². The third-order valence-corrected chi connectivity index (χ3v) is 3.11. The summed E-state index contributed by atoms with van der Waals surface area (Å²) >= 11 is 6.27. The van der Waals surface area contributed by atoms with Crippen molar-refractivity contribution in [3.63, 3.8) is 0 Å². The molecular formula is C14H19ClN4. The second kappa shape index (κ2) is 6.17. The van der Waals surface area contributed by atoms with Gasteiger partial charge in [0.1, 0.15) is 0 Å². The van der Waals surface area contributed by atoms with E-state index in [2.05, 4.69) is 29.5 Å². The lowest BCUT2D eigenvalue weighted by Gasteiger charge is -2.10. The maximum atomic E-state index is 6.27. The maximum absolute atomic E-state index is 6.27. The zero-order valence-electron chi connectivity index (χ0n) is 11.5. The largest absolute Gasteiger partial charge is 0.311 e. The molecule has 0 fully saturated rings. The van der Waals surface area contributed by atoms with Gasteiger partial charge in [-0.2, -0.15) is 0 Å². The Labute approximate surface area is 118 Å². The van der Waals surface area contributed by atoms with Gasteiger partial charge < -0.3 is 5.32 Å². The number of aryl methyl sites for hydroxylation is 1. The van der Waals surface area contributed by atoms with E-state index < -0.39 is 0 Å². The molecule has 2 rings (SSSR count). The Kier molecular flexibility index (Phi) is 4.56. The quantitative estimate of drug-likeness (QED) is 0.914. The molecule has 1 aromatic carbocycles. The van der Waals surface area contributed by atoms with Gasteiger partial charge in [-0.1, -0.05) is 36.7 Å². The van der Waals surface area contributed by atoms with Gasteiger partial charge in [0, 0.05) is 6.54 Å². The van der Waals surface area contributed by atoms with E-state index in [0.717, 1.165) is 30.0 Å². The van der Waals surface area contributed by atoms with Crippen LogP contribution in [0.3, 0.4) is 0 Å². The van der Waals surface area contributed by atoms with Crippen molar-refractivity contribution in [1.82, 2.24) is 20.3 Å². The highest BCUT2D eigenvalue weighted by atomic mass is 35.5. The standard InChI is InChI=1S/C14H19ClN4/c1-10(2)7-16-8-12-9-17-18-19(12)14-5-4-11(3)6-13(14)15/h4-6,9-10,16H,7-8H2,1-3H3. The molecule has 1 aromatic heterocycles. The number of nitrogens with one attached hydrogen (secondary N) is 1. The second-order valence-electron chi connectivity index (χ2n) is 5.12. The van der Waals surface area contributed by atoms with E-state index in [0.29, 0.717) is 10.9 Å². The van der Waals surface area contributed by atoms with Crippen LogP contribution in [0.2, 0.25) is 5.02 Å². The van der Waals surface area contributed by atoms with E-state index in [1.54, 1.807) is 10.9 Å². The molecule has 0 atom stereocenters. The fourth-order valence-corrected chi connectivity index (χ4v) is 2.17. The topological polar surface area (TPSA) is 42.7 Å². The van der Waals surface area contributed by atoms with Crippen molar-refractivity contribution in [1.29, 1.82) is 0 Å². The highest BCUT2D eigenvalue weighted by Crippen LogP contribution is 2.22. The lowest BCUT2D eigenvalue weighted by molar-refractivity contribution is 0.542. The predicted octanol–water partition coefficient (Wildman–Crippen LogP) is 2.97. The molecule has 0 aliphatic rings. The van der Waals surface area contributed by atoms with Crippen molar-refractivity contribution in [2.45, 2.75) is 27.3 Å². The first-order valence-corrected chi connectivity index (χ1v) is 6.82. The second-order valence-corrected chi connectivity index (χ2v) is 5.52. The number of aromatic nitrogens is 3. The Balaban J connectivity index is 2.19. The summed E-state index contributed by atoms with van der Waals surface area (Å²) in [7, 11) is 0. The molecule has 0 spiro atoms. The molecule has 0 unspecified atom stereocenters. The highest BCUT2D eigenvalue weighted by molar-refractivity contribution is 6.32. The minimum absolute atomic E-state index is 0.618. The minimum Gasteiger partial charge on any atom is -0.311 e. The number of rotatable bonds is 5. The Hall–Kier alpha value is -1.39. The molecule has 0 saturated carbocycles. The van der Waals surface area contributed by atoms with Crippen LogP contribution in [0.15, 0.2) is 24.4 Å². The zero-order valence-corrected chi connectivity index (χ0v) is 12.3. The van der Waals surface area contributed by atoms with Crippen LogP contribution in [0.4, 0.5) is 0 Å². The summed E-state index contributed by atoms with van der Waals surface area (Å²) in [6, 6.07) is 5.93. The van der Waals surface area contributed by atoms with E-state index >= 15 is 0 Å². The Morgan fingerprint density at radius 1 is 1.37 bits per heavy atom. The molecule has 0 radical (unpaired) electrons. The lowest BCUT2D eigenvalue weighted by Crippen LogP contribution is -2.20. The van der Waals surface area contributed by atoms with Gasteiger partial charge in [-0.05, 0) is 37.1 Å². The molecule has 0 aliphatic heterocycles. The van der Waals surface area contributed by atoms with Crippen LogP contribution in [0.1, 0.15) is 25.1 Å². The molecule has 1 N–H and O–H groups in total. The number of benzene rings is 1. The molecule has 102 valence electrons. The van der Waals surface area contributed by atoms with Gasteiger partial charge in [0.2, 0.25) is 0 Å². The fraction of sp³-hybridized carbons (Fsp3) is 0.429. The van der Waals surface area contributed by atoms with Crippen molar-refractivity contribution in [2.24, 2.45) is 5.92 Å². The predicted molar refractivity (Wildman–Crippen MR) is 77.7 cm³/mol. The molecule has 0 saturated heterocycles. The Morgan fingerprint density at radius 3 is 2.84 bits per heavy atom. The number of hydrogen-bond donors (Lipinski definition) is 1. The molecule has 2 aromatic rings. The highest BCUT2D eigenvalue weighted by Gasteiger charge is 2.09. The fourth-order valence-electron chi connectivity index (χ4n) is 1.85. The molecule has 4 nitrogen and oxygen atoms in total. The SMILES string of the molecule is Cc1ccc(-n2nncc2CNCC(C)C)c(Cl)c1. The maximum Gasteiger partial charge on any atom is 0.0853 e. The third-order valence-electron chi connectivity index (χ3n) is 2.81. The number of nitrogens with zero attached hydrogens (tertiary/aromatic N) is 3. The Morgan fingerprint density at radius 2 is 2.16 bits per heavy atom. The van der Waals surface area contributed by atoms with Gasteiger partial charge in [-0.25, -0.2) is 4.68 Å². The van der Waals surface area contributed by atoms with Crippen molar-refractivity contribution in [3.05, 3.63) is 40.7 Å². The van der Waals surface area contributed by atoms with Crippen LogP contribution in [0.25, 0.3) is 5.69 Å². The van der Waals surface area contributed by atoms with Crippen molar-refractivity contribution in [2.75, 3.05) is 6.54 Å². The average Bonchev–Trinajstić information content (AvgIpc) is 2.77. The van der Waals surface area contributed by atoms with E-state index in [-0.39, 0.29) is 0 Å². The summed E-state index contributed by atoms with van der Waals surface area (Å²) < 4.78 is 1.79. The van der Waals surface area contributed by atoms with Crippen LogP contribution < -0.4 is 5.32 Å². The van der Waals surface area contributed by atoms with Crippen LogP contribution in [-0.4, -0.2) is 21.5 Å². The van der Waals surface area contributed by atoms with Gasteiger partial charge in [-0.15, -0.1) is 5.10 Å². The van der Waals surface area contributed by atoms with Gasteiger partial charge in [0.25, 0.3) is 0 Å². The minimum atomic E-state index is 0.618. The first-order chi connectivity index (χ1) is 9.08. The van der Waals surface area contributed by atoms with Crippen molar-refractivity contribution < 1.29 is 0 Å². The van der Waals surface area contributed by atoms with Crippen molar-refractivity contribution >= 4 is 11.6 Å².